The van der Waals surface area contributed by atoms with Crippen LogP contribution in [0.3, 0.4) is 0 Å². The monoisotopic (exact) mass is 200 g/mol. The molecule has 0 aromatic rings. The first-order valence-corrected chi connectivity index (χ1v) is 5.03. The van der Waals surface area contributed by atoms with Crippen molar-refractivity contribution < 1.29 is 9.53 Å². The first kappa shape index (κ1) is 11.3. The molecule has 0 aromatic heterocycles. The predicted molar refractivity (Wildman–Crippen MR) is 54.9 cm³/mol. The highest BCUT2D eigenvalue weighted by Crippen LogP contribution is 2.34. The summed E-state index contributed by atoms with van der Waals surface area (Å²) in [6.07, 6.45) is 0.370. The van der Waals surface area contributed by atoms with Gasteiger partial charge in [-0.3, -0.25) is 0 Å². The second kappa shape index (κ2) is 3.77. The fraction of sp³-hybridized carbons (Fsp3) is 0.900. The predicted octanol–water partition coefficient (Wildman–Crippen LogP) is 1.20. The summed E-state index contributed by atoms with van der Waals surface area (Å²) in [5.74, 6) is 0.361. The Bertz CT molecular complexity index is 228. The lowest BCUT2D eigenvalue weighted by molar-refractivity contribution is -0.00952. The summed E-state index contributed by atoms with van der Waals surface area (Å²) in [4.78, 5) is 13.0. The number of likely N-dealkylation sites (tertiary alicyclic amines) is 1. The van der Waals surface area contributed by atoms with Crippen molar-refractivity contribution >= 4 is 6.09 Å². The van der Waals surface area contributed by atoms with E-state index in [1.54, 1.807) is 0 Å². The zero-order valence-electron chi connectivity index (χ0n) is 9.41. The van der Waals surface area contributed by atoms with Gasteiger partial charge >= 0.3 is 6.09 Å². The van der Waals surface area contributed by atoms with E-state index in [0.29, 0.717) is 12.0 Å². The third-order valence-corrected chi connectivity index (χ3v) is 3.33. The molecule has 1 fully saturated rings. The molecule has 1 amide bonds. The van der Waals surface area contributed by atoms with Crippen LogP contribution in [0, 0.1) is 5.92 Å². The van der Waals surface area contributed by atoms with Crippen LogP contribution < -0.4 is 5.73 Å². The minimum absolute atomic E-state index is 0.361. The van der Waals surface area contributed by atoms with Crippen LogP contribution in [0.25, 0.3) is 0 Å². The molecular weight excluding hydrogens is 180 g/mol. The van der Waals surface area contributed by atoms with Gasteiger partial charge in [0, 0.05) is 12.0 Å². The lowest BCUT2D eigenvalue weighted by atomic mass is 9.85. The van der Waals surface area contributed by atoms with Gasteiger partial charge in [0.25, 0.3) is 0 Å². The van der Waals surface area contributed by atoms with Gasteiger partial charge in [0.15, 0.2) is 0 Å². The third kappa shape index (κ3) is 2.18. The molecule has 1 saturated heterocycles. The fourth-order valence-corrected chi connectivity index (χ4v) is 2.36. The Hall–Kier alpha value is -0.770. The quantitative estimate of drug-likeness (QED) is 0.728. The van der Waals surface area contributed by atoms with Crippen molar-refractivity contribution in [1.82, 2.24) is 4.90 Å². The van der Waals surface area contributed by atoms with Gasteiger partial charge in [0.1, 0.15) is 5.60 Å². The van der Waals surface area contributed by atoms with E-state index in [4.69, 9.17) is 10.5 Å². The van der Waals surface area contributed by atoms with Gasteiger partial charge in [0.2, 0.25) is 0 Å². The zero-order valence-corrected chi connectivity index (χ0v) is 9.41. The first-order chi connectivity index (χ1) is 6.34. The molecule has 4 heteroatoms. The molecule has 1 aliphatic rings. The van der Waals surface area contributed by atoms with Crippen molar-refractivity contribution in [2.24, 2.45) is 11.7 Å². The molecule has 0 aliphatic carbocycles. The van der Waals surface area contributed by atoms with Gasteiger partial charge in [-0.05, 0) is 40.8 Å². The largest absolute Gasteiger partial charge is 0.443 e. The molecule has 1 rings (SSSR count). The molecule has 1 heterocycles. The smallest absolute Gasteiger partial charge is 0.405 e. The Morgan fingerprint density at radius 3 is 2.50 bits per heavy atom. The Kier molecular flexibility index (Phi) is 3.04. The summed E-state index contributed by atoms with van der Waals surface area (Å²) in [6.45, 7) is 7.07. The summed E-state index contributed by atoms with van der Waals surface area (Å²) in [7, 11) is 2.09. The van der Waals surface area contributed by atoms with Crippen LogP contribution in [-0.4, -0.2) is 36.2 Å². The molecule has 14 heavy (non-hydrogen) atoms. The van der Waals surface area contributed by atoms with Crippen LogP contribution in [0.4, 0.5) is 4.79 Å². The highest BCUT2D eigenvalue weighted by Gasteiger charge is 2.41. The topological polar surface area (TPSA) is 55.6 Å². The molecule has 0 bridgehead atoms. The average molecular weight is 200 g/mol. The molecule has 0 radical (unpaired) electrons. The number of primary amides is 1. The molecule has 2 atom stereocenters. The van der Waals surface area contributed by atoms with Crippen LogP contribution in [-0.2, 0) is 4.74 Å². The number of amides is 1. The Morgan fingerprint density at radius 2 is 2.14 bits per heavy atom. The first-order valence-electron chi connectivity index (χ1n) is 5.03. The van der Waals surface area contributed by atoms with E-state index in [2.05, 4.69) is 18.9 Å². The second-order valence-electron chi connectivity index (χ2n) is 4.64. The number of hydrogen-bond acceptors (Lipinski definition) is 3. The van der Waals surface area contributed by atoms with Gasteiger partial charge in [-0.1, -0.05) is 0 Å². The maximum Gasteiger partial charge on any atom is 0.405 e. The summed E-state index contributed by atoms with van der Waals surface area (Å²) < 4.78 is 5.15. The van der Waals surface area contributed by atoms with Crippen molar-refractivity contribution in [3.63, 3.8) is 0 Å². The van der Waals surface area contributed by atoms with E-state index < -0.39 is 11.7 Å². The number of carbonyl (C=O) groups excluding carboxylic acids is 1. The van der Waals surface area contributed by atoms with Crippen LogP contribution in [0.15, 0.2) is 0 Å². The highest BCUT2D eigenvalue weighted by molar-refractivity contribution is 5.65. The molecule has 2 N–H and O–H groups in total. The number of nitrogens with two attached hydrogens (primary N) is 1. The van der Waals surface area contributed by atoms with Gasteiger partial charge < -0.3 is 15.4 Å². The lowest BCUT2D eigenvalue weighted by Crippen LogP contribution is -2.43. The van der Waals surface area contributed by atoms with Crippen molar-refractivity contribution in [2.75, 3.05) is 13.6 Å². The van der Waals surface area contributed by atoms with Crippen LogP contribution in [0.2, 0.25) is 0 Å². The highest BCUT2D eigenvalue weighted by atomic mass is 16.6. The molecule has 4 nitrogen and oxygen atoms in total. The number of carbonyl (C=O) groups is 1. The third-order valence-electron chi connectivity index (χ3n) is 3.33. The lowest BCUT2D eigenvalue weighted by Gasteiger charge is -2.34. The SMILES string of the molecule is C[C@H]1[C@@H](C(C)(C)OC(N)=O)CCN1C. The van der Waals surface area contributed by atoms with Crippen LogP contribution in [0.1, 0.15) is 27.2 Å². The molecule has 1 aliphatic heterocycles. The van der Waals surface area contributed by atoms with E-state index in [1.807, 2.05) is 13.8 Å². The standard InChI is InChI=1S/C10H20N2O2/c1-7-8(5-6-12(7)4)10(2,3)14-9(11)13/h7-8H,5-6H2,1-4H3,(H2,11,13)/t7-,8-/m0/s1. The minimum Gasteiger partial charge on any atom is -0.443 e. The summed E-state index contributed by atoms with van der Waals surface area (Å²) in [6, 6.07) is 0.435. The second-order valence-corrected chi connectivity index (χ2v) is 4.64. The van der Waals surface area contributed by atoms with Gasteiger partial charge in [-0.15, -0.1) is 0 Å². The summed E-state index contributed by atoms with van der Waals surface area (Å²) in [5.41, 5.74) is 4.59. The normalized spacial score (nSPS) is 29.1. The Morgan fingerprint density at radius 1 is 1.57 bits per heavy atom. The average Bonchev–Trinajstić information content (AvgIpc) is 2.30. The molecular formula is C10H20N2O2. The zero-order chi connectivity index (χ0) is 10.9. The van der Waals surface area contributed by atoms with Crippen molar-refractivity contribution in [1.29, 1.82) is 0 Å². The van der Waals surface area contributed by atoms with E-state index in [-0.39, 0.29) is 0 Å². The Balaban J connectivity index is 2.67. The summed E-state index contributed by atoms with van der Waals surface area (Å²) in [5, 5.41) is 0. The number of rotatable bonds is 2. The minimum atomic E-state index is -0.684. The fourth-order valence-electron chi connectivity index (χ4n) is 2.36. The van der Waals surface area contributed by atoms with Crippen molar-refractivity contribution in [3.8, 4) is 0 Å². The molecule has 0 saturated carbocycles. The summed E-state index contributed by atoms with van der Waals surface area (Å²) >= 11 is 0. The number of nitrogens with zero attached hydrogens (tertiary/aromatic N) is 1. The van der Waals surface area contributed by atoms with E-state index >= 15 is 0 Å². The van der Waals surface area contributed by atoms with Crippen molar-refractivity contribution in [2.45, 2.75) is 38.8 Å². The van der Waals surface area contributed by atoms with E-state index in [9.17, 15) is 4.79 Å². The molecule has 82 valence electrons. The van der Waals surface area contributed by atoms with Gasteiger partial charge in [0.05, 0.1) is 0 Å². The van der Waals surface area contributed by atoms with Crippen LogP contribution >= 0.6 is 0 Å². The van der Waals surface area contributed by atoms with E-state index in [1.165, 1.54) is 0 Å². The van der Waals surface area contributed by atoms with Gasteiger partial charge in [-0.2, -0.15) is 0 Å². The van der Waals surface area contributed by atoms with Crippen molar-refractivity contribution in [3.05, 3.63) is 0 Å². The van der Waals surface area contributed by atoms with E-state index in [0.717, 1.165) is 13.0 Å². The number of ether oxygens (including phenoxy) is 1. The molecule has 0 spiro atoms. The maximum atomic E-state index is 10.7. The number of hydrogen-bond donors (Lipinski definition) is 1. The Labute approximate surface area is 85.4 Å². The van der Waals surface area contributed by atoms with Gasteiger partial charge in [-0.25, -0.2) is 4.79 Å². The molecule has 0 unspecified atom stereocenters. The maximum absolute atomic E-state index is 10.7. The van der Waals surface area contributed by atoms with Crippen LogP contribution in [0.5, 0.6) is 0 Å². The molecule has 0 aromatic carbocycles.